The van der Waals surface area contributed by atoms with Gasteiger partial charge in [-0.05, 0) is 25.8 Å². The predicted molar refractivity (Wildman–Crippen MR) is 71.7 cm³/mol. The highest BCUT2D eigenvalue weighted by molar-refractivity contribution is 6.38. The number of hydrogen-bond donors (Lipinski definition) is 2. The molecule has 1 aliphatic heterocycles. The summed E-state index contributed by atoms with van der Waals surface area (Å²) in [6, 6.07) is -1.57. The summed E-state index contributed by atoms with van der Waals surface area (Å²) in [5.41, 5.74) is 5.27. The normalized spacial score (nSPS) is 20.6. The maximum Gasteiger partial charge on any atom is 0.405 e. The lowest BCUT2D eigenvalue weighted by atomic mass is 10.0. The molecular formula is C13H20F3N3O3. The number of likely N-dealkylation sites (tertiary alicyclic amines) is 1. The molecule has 22 heavy (non-hydrogen) atoms. The van der Waals surface area contributed by atoms with Gasteiger partial charge in [-0.3, -0.25) is 19.3 Å². The summed E-state index contributed by atoms with van der Waals surface area (Å²) >= 11 is 0. The van der Waals surface area contributed by atoms with Gasteiger partial charge in [-0.1, -0.05) is 13.3 Å². The summed E-state index contributed by atoms with van der Waals surface area (Å²) in [6.45, 7) is 0.634. The van der Waals surface area contributed by atoms with Gasteiger partial charge in [0.15, 0.2) is 0 Å². The number of amides is 2. The molecule has 0 radical (unpaired) electrons. The number of Topliss-reactive ketones (excluding diaryl/α,β-unsaturated/α-hetero) is 1. The van der Waals surface area contributed by atoms with Gasteiger partial charge in [0.05, 0.1) is 12.1 Å². The minimum Gasteiger partial charge on any atom is -0.368 e. The molecule has 1 heterocycles. The van der Waals surface area contributed by atoms with Crippen molar-refractivity contribution in [1.29, 1.82) is 0 Å². The van der Waals surface area contributed by atoms with Crippen LogP contribution in [0, 0.1) is 0 Å². The number of halogens is 3. The van der Waals surface area contributed by atoms with E-state index in [0.29, 0.717) is 25.8 Å². The quantitative estimate of drug-likeness (QED) is 0.661. The van der Waals surface area contributed by atoms with Gasteiger partial charge in [-0.2, -0.15) is 13.2 Å². The highest BCUT2D eigenvalue weighted by atomic mass is 19.4. The van der Waals surface area contributed by atoms with E-state index in [0.717, 1.165) is 0 Å². The third kappa shape index (κ3) is 4.97. The van der Waals surface area contributed by atoms with E-state index < -0.39 is 42.4 Å². The van der Waals surface area contributed by atoms with E-state index in [1.807, 2.05) is 0 Å². The molecule has 0 saturated carbocycles. The number of nitrogens with one attached hydrogen (secondary N) is 1. The lowest BCUT2D eigenvalue weighted by molar-refractivity contribution is -0.148. The Balaban J connectivity index is 2.79. The Labute approximate surface area is 126 Å². The van der Waals surface area contributed by atoms with E-state index in [-0.39, 0.29) is 6.42 Å². The summed E-state index contributed by atoms with van der Waals surface area (Å²) in [5, 5.41) is 1.57. The molecule has 1 aliphatic rings. The Morgan fingerprint density at radius 2 is 2.00 bits per heavy atom. The Kier molecular flexibility index (Phi) is 6.34. The number of ketones is 1. The summed E-state index contributed by atoms with van der Waals surface area (Å²) in [7, 11) is 0. The first kappa shape index (κ1) is 18.4. The van der Waals surface area contributed by atoms with Crippen LogP contribution in [0.25, 0.3) is 0 Å². The van der Waals surface area contributed by atoms with Gasteiger partial charge >= 0.3 is 6.18 Å². The molecule has 0 bridgehead atoms. The third-order valence-electron chi connectivity index (χ3n) is 3.56. The Bertz CT molecular complexity index is 440. The zero-order valence-electron chi connectivity index (χ0n) is 12.3. The molecule has 1 saturated heterocycles. The zero-order valence-corrected chi connectivity index (χ0v) is 12.3. The van der Waals surface area contributed by atoms with Crippen molar-refractivity contribution in [2.45, 2.75) is 50.9 Å². The number of nitrogens with zero attached hydrogens (tertiary/aromatic N) is 1. The Hall–Kier alpha value is -1.64. The molecule has 0 spiro atoms. The fourth-order valence-electron chi connectivity index (χ4n) is 2.61. The molecule has 9 heteroatoms. The lowest BCUT2D eigenvalue weighted by Crippen LogP contribution is -2.53. The number of primary amides is 1. The van der Waals surface area contributed by atoms with E-state index in [2.05, 4.69) is 0 Å². The number of rotatable bonds is 7. The van der Waals surface area contributed by atoms with Crippen molar-refractivity contribution >= 4 is 17.6 Å². The van der Waals surface area contributed by atoms with Crippen LogP contribution in [0.15, 0.2) is 0 Å². The largest absolute Gasteiger partial charge is 0.405 e. The fraction of sp³-hybridized carbons (Fsp3) is 0.769. The molecule has 6 nitrogen and oxygen atoms in total. The average Bonchev–Trinajstić information content (AvgIpc) is 2.89. The van der Waals surface area contributed by atoms with Crippen molar-refractivity contribution in [2.24, 2.45) is 5.73 Å². The van der Waals surface area contributed by atoms with Crippen LogP contribution in [0.2, 0.25) is 0 Å². The molecular weight excluding hydrogens is 303 g/mol. The lowest BCUT2D eigenvalue weighted by Gasteiger charge is -2.29. The molecule has 0 aliphatic carbocycles. The van der Waals surface area contributed by atoms with Crippen molar-refractivity contribution in [3.8, 4) is 0 Å². The molecule has 2 amide bonds. The topological polar surface area (TPSA) is 92.5 Å². The first-order valence-electron chi connectivity index (χ1n) is 7.11. The zero-order chi connectivity index (χ0) is 16.9. The van der Waals surface area contributed by atoms with Gasteiger partial charge in [0.1, 0.15) is 6.54 Å². The van der Waals surface area contributed by atoms with Crippen molar-refractivity contribution in [3.63, 3.8) is 0 Å². The van der Waals surface area contributed by atoms with E-state index >= 15 is 0 Å². The maximum absolute atomic E-state index is 12.1. The highest BCUT2D eigenvalue weighted by Gasteiger charge is 2.39. The van der Waals surface area contributed by atoms with Gasteiger partial charge in [-0.25, -0.2) is 0 Å². The first-order valence-corrected chi connectivity index (χ1v) is 7.11. The van der Waals surface area contributed by atoms with Crippen LogP contribution < -0.4 is 11.1 Å². The molecule has 3 N–H and O–H groups in total. The fourth-order valence-corrected chi connectivity index (χ4v) is 2.61. The monoisotopic (exact) mass is 323 g/mol. The van der Waals surface area contributed by atoms with E-state index in [9.17, 15) is 27.6 Å². The van der Waals surface area contributed by atoms with Crippen LogP contribution in [0.5, 0.6) is 0 Å². The van der Waals surface area contributed by atoms with Crippen LogP contribution in [0.4, 0.5) is 13.2 Å². The van der Waals surface area contributed by atoms with Gasteiger partial charge in [0.2, 0.25) is 11.7 Å². The molecule has 0 aromatic heterocycles. The molecule has 0 aromatic carbocycles. The predicted octanol–water partition coefficient (Wildman–Crippen LogP) is 0.352. The van der Waals surface area contributed by atoms with Gasteiger partial charge in [-0.15, -0.1) is 0 Å². The van der Waals surface area contributed by atoms with E-state index in [1.165, 1.54) is 4.90 Å². The molecule has 1 fully saturated rings. The molecule has 0 aromatic rings. The van der Waals surface area contributed by atoms with Crippen LogP contribution >= 0.6 is 0 Å². The van der Waals surface area contributed by atoms with E-state index in [4.69, 9.17) is 5.73 Å². The van der Waals surface area contributed by atoms with Crippen LogP contribution in [-0.4, -0.2) is 53.8 Å². The third-order valence-corrected chi connectivity index (χ3v) is 3.56. The second-order valence-corrected chi connectivity index (χ2v) is 5.26. The van der Waals surface area contributed by atoms with Crippen molar-refractivity contribution in [1.82, 2.24) is 10.2 Å². The molecule has 126 valence electrons. The molecule has 1 rings (SSSR count). The van der Waals surface area contributed by atoms with Gasteiger partial charge < -0.3 is 11.1 Å². The minimum absolute atomic E-state index is 0.280. The number of carbonyl (C=O) groups excluding carboxylic acids is 3. The maximum atomic E-state index is 12.1. The number of carbonyl (C=O) groups is 3. The SMILES string of the molecule is CCC[C@@H](C(=O)C(=O)NCC(F)(F)F)N1CCCC1C(N)=O. The summed E-state index contributed by atoms with van der Waals surface area (Å²) < 4.78 is 36.3. The van der Waals surface area contributed by atoms with Crippen LogP contribution in [-0.2, 0) is 14.4 Å². The van der Waals surface area contributed by atoms with Crippen molar-refractivity contribution < 1.29 is 27.6 Å². The second-order valence-electron chi connectivity index (χ2n) is 5.26. The summed E-state index contributed by atoms with van der Waals surface area (Å²) in [5.74, 6) is -2.84. The van der Waals surface area contributed by atoms with Crippen molar-refractivity contribution in [2.75, 3.05) is 13.1 Å². The van der Waals surface area contributed by atoms with Crippen molar-refractivity contribution in [3.05, 3.63) is 0 Å². The molecule has 1 unspecified atom stereocenters. The van der Waals surface area contributed by atoms with Crippen LogP contribution in [0.3, 0.4) is 0 Å². The van der Waals surface area contributed by atoms with Gasteiger partial charge in [0, 0.05) is 0 Å². The Morgan fingerprint density at radius 3 is 2.50 bits per heavy atom. The Morgan fingerprint density at radius 1 is 1.36 bits per heavy atom. The number of hydrogen-bond acceptors (Lipinski definition) is 4. The van der Waals surface area contributed by atoms with Gasteiger partial charge in [0.25, 0.3) is 5.91 Å². The smallest absolute Gasteiger partial charge is 0.368 e. The number of alkyl halides is 3. The highest BCUT2D eigenvalue weighted by Crippen LogP contribution is 2.23. The standard InChI is InChI=1S/C13H20F3N3O3/c1-2-4-8(19-6-3-5-9(19)11(17)21)10(20)12(22)18-7-13(14,15)16/h8-9H,2-7H2,1H3,(H2,17,21)(H,18,22)/t8-,9?/m0/s1. The molecule has 2 atom stereocenters. The average molecular weight is 323 g/mol. The number of nitrogens with two attached hydrogens (primary N) is 1. The van der Waals surface area contributed by atoms with Crippen LogP contribution in [0.1, 0.15) is 32.6 Å². The second kappa shape index (κ2) is 7.57. The minimum atomic E-state index is -4.58. The summed E-state index contributed by atoms with van der Waals surface area (Å²) in [6.07, 6.45) is -2.63. The summed E-state index contributed by atoms with van der Waals surface area (Å²) in [4.78, 5) is 36.7. The van der Waals surface area contributed by atoms with E-state index in [1.54, 1.807) is 12.2 Å². The first-order chi connectivity index (χ1) is 10.2.